The van der Waals surface area contributed by atoms with Gasteiger partial charge in [0.05, 0.1) is 6.10 Å². The molecule has 1 unspecified atom stereocenters. The fraction of sp³-hybridized carbons (Fsp3) is 0.842. The van der Waals surface area contributed by atoms with Crippen LogP contribution in [0.3, 0.4) is 0 Å². The molecule has 0 fully saturated rings. The van der Waals surface area contributed by atoms with Crippen LogP contribution in [0.1, 0.15) is 200 Å². The number of allylic oxidation sites excluding steroid dienone is 4. The fourth-order valence-corrected chi connectivity index (χ4v) is 5.43. The molecular weight excluding hydrogens is 520 g/mol. The van der Waals surface area contributed by atoms with Gasteiger partial charge < -0.3 is 9.84 Å². The summed E-state index contributed by atoms with van der Waals surface area (Å²) in [7, 11) is 0. The number of carbonyl (C=O) groups is 2. The van der Waals surface area contributed by atoms with Gasteiger partial charge >= 0.3 is 11.9 Å². The smallest absolute Gasteiger partial charge is 0.306 e. The molecule has 0 heterocycles. The third kappa shape index (κ3) is 34.6. The minimum absolute atomic E-state index is 0.0103. The lowest BCUT2D eigenvalue weighted by Crippen LogP contribution is -2.14. The summed E-state index contributed by atoms with van der Waals surface area (Å²) >= 11 is 0. The predicted molar refractivity (Wildman–Crippen MR) is 181 cm³/mol. The SMILES string of the molecule is CCCCC/C=C\C/C=C\CCCCCCCC(=O)OC(C)CCCCCCCCCCCCCCCCCC(=O)O. The van der Waals surface area contributed by atoms with Gasteiger partial charge in [-0.2, -0.15) is 0 Å². The van der Waals surface area contributed by atoms with E-state index in [0.29, 0.717) is 12.8 Å². The summed E-state index contributed by atoms with van der Waals surface area (Å²) in [5, 5.41) is 8.64. The third-order valence-electron chi connectivity index (χ3n) is 8.17. The Morgan fingerprint density at radius 1 is 0.548 bits per heavy atom. The van der Waals surface area contributed by atoms with Crippen molar-refractivity contribution in [3.63, 3.8) is 0 Å². The standard InChI is InChI=1S/C38H70O4/c1-3-4-5-6-7-8-9-10-12-17-20-23-26-29-32-35-38(41)42-36(2)33-30-27-24-21-18-15-13-11-14-16-19-22-25-28-31-34-37(39)40/h7-8,10,12,36H,3-6,9,11,13-35H2,1-2H3,(H,39,40)/b8-7-,12-10-. The lowest BCUT2D eigenvalue weighted by molar-refractivity contribution is -0.148. The number of esters is 1. The first kappa shape index (κ1) is 40.4. The zero-order chi connectivity index (χ0) is 30.8. The van der Waals surface area contributed by atoms with Crippen LogP contribution in [-0.4, -0.2) is 23.1 Å². The van der Waals surface area contributed by atoms with Crippen molar-refractivity contribution in [3.8, 4) is 0 Å². The number of aliphatic carboxylic acids is 1. The molecular formula is C38H70O4. The minimum atomic E-state index is -0.666. The van der Waals surface area contributed by atoms with Gasteiger partial charge in [-0.1, -0.05) is 147 Å². The number of carbonyl (C=O) groups excluding carboxylic acids is 1. The van der Waals surface area contributed by atoms with Crippen molar-refractivity contribution in [2.24, 2.45) is 0 Å². The van der Waals surface area contributed by atoms with Crippen LogP contribution in [-0.2, 0) is 14.3 Å². The maximum Gasteiger partial charge on any atom is 0.306 e. The van der Waals surface area contributed by atoms with Crippen molar-refractivity contribution in [2.75, 3.05) is 0 Å². The van der Waals surface area contributed by atoms with Gasteiger partial charge in [-0.3, -0.25) is 9.59 Å². The van der Waals surface area contributed by atoms with Crippen molar-refractivity contribution in [1.82, 2.24) is 0 Å². The number of unbranched alkanes of at least 4 members (excludes halogenated alkanes) is 22. The van der Waals surface area contributed by atoms with Gasteiger partial charge in [-0.25, -0.2) is 0 Å². The lowest BCUT2D eigenvalue weighted by atomic mass is 10.0. The first-order valence-corrected chi connectivity index (χ1v) is 18.3. The van der Waals surface area contributed by atoms with E-state index in [1.54, 1.807) is 0 Å². The molecule has 0 bridgehead atoms. The number of carboxylic acid groups (broad SMARTS) is 1. The van der Waals surface area contributed by atoms with Gasteiger partial charge in [-0.05, 0) is 64.7 Å². The van der Waals surface area contributed by atoms with Crippen LogP contribution >= 0.6 is 0 Å². The predicted octanol–water partition coefficient (Wildman–Crippen LogP) is 12.4. The van der Waals surface area contributed by atoms with E-state index in [1.807, 2.05) is 6.92 Å². The van der Waals surface area contributed by atoms with Crippen LogP contribution in [0.25, 0.3) is 0 Å². The second-order valence-corrected chi connectivity index (χ2v) is 12.5. The summed E-state index contributed by atoms with van der Waals surface area (Å²) in [5.74, 6) is -0.676. The van der Waals surface area contributed by atoms with Crippen molar-refractivity contribution < 1.29 is 19.4 Å². The fourth-order valence-electron chi connectivity index (χ4n) is 5.43. The average Bonchev–Trinajstić information content (AvgIpc) is 2.96. The highest BCUT2D eigenvalue weighted by molar-refractivity contribution is 5.69. The van der Waals surface area contributed by atoms with Gasteiger partial charge in [-0.15, -0.1) is 0 Å². The summed E-state index contributed by atoms with van der Waals surface area (Å²) in [5.41, 5.74) is 0. The van der Waals surface area contributed by atoms with Gasteiger partial charge in [0, 0.05) is 12.8 Å². The van der Waals surface area contributed by atoms with E-state index in [4.69, 9.17) is 9.84 Å². The Labute approximate surface area is 261 Å². The first-order chi connectivity index (χ1) is 20.6. The topological polar surface area (TPSA) is 63.6 Å². The van der Waals surface area contributed by atoms with Gasteiger partial charge in [0.25, 0.3) is 0 Å². The maximum absolute atomic E-state index is 12.1. The number of carboxylic acids is 1. The molecule has 0 aromatic carbocycles. The first-order valence-electron chi connectivity index (χ1n) is 18.3. The van der Waals surface area contributed by atoms with Gasteiger partial charge in [0.1, 0.15) is 0 Å². The Morgan fingerprint density at radius 3 is 1.43 bits per heavy atom. The quantitative estimate of drug-likeness (QED) is 0.0469. The molecule has 0 spiro atoms. The molecule has 0 saturated heterocycles. The average molecular weight is 591 g/mol. The summed E-state index contributed by atoms with van der Waals surface area (Å²) in [4.78, 5) is 22.6. The molecule has 0 saturated carbocycles. The number of hydrogen-bond donors (Lipinski definition) is 1. The van der Waals surface area contributed by atoms with Crippen molar-refractivity contribution in [3.05, 3.63) is 24.3 Å². The number of rotatable bonds is 33. The van der Waals surface area contributed by atoms with E-state index < -0.39 is 5.97 Å². The zero-order valence-corrected chi connectivity index (χ0v) is 28.1. The second-order valence-electron chi connectivity index (χ2n) is 12.5. The molecule has 4 heteroatoms. The molecule has 1 atom stereocenters. The van der Waals surface area contributed by atoms with Crippen LogP contribution in [0, 0.1) is 0 Å². The Balaban J connectivity index is 3.34. The Hall–Kier alpha value is -1.58. The summed E-state index contributed by atoms with van der Waals surface area (Å²) in [6.45, 7) is 4.30. The van der Waals surface area contributed by atoms with Crippen LogP contribution in [0.4, 0.5) is 0 Å². The molecule has 0 rings (SSSR count). The van der Waals surface area contributed by atoms with E-state index in [-0.39, 0.29) is 12.1 Å². The molecule has 1 N–H and O–H groups in total. The molecule has 0 aromatic rings. The normalized spacial score (nSPS) is 12.4. The summed E-state index contributed by atoms with van der Waals surface area (Å²) in [6.07, 6.45) is 43.2. The van der Waals surface area contributed by atoms with Crippen molar-refractivity contribution in [1.29, 1.82) is 0 Å². The monoisotopic (exact) mass is 591 g/mol. The molecule has 4 nitrogen and oxygen atoms in total. The van der Waals surface area contributed by atoms with E-state index in [1.165, 1.54) is 128 Å². The lowest BCUT2D eigenvalue weighted by Gasteiger charge is -2.13. The third-order valence-corrected chi connectivity index (χ3v) is 8.17. The van der Waals surface area contributed by atoms with Crippen molar-refractivity contribution in [2.45, 2.75) is 206 Å². The van der Waals surface area contributed by atoms with Crippen molar-refractivity contribution >= 4 is 11.9 Å². The molecule has 246 valence electrons. The minimum Gasteiger partial charge on any atom is -0.481 e. The maximum atomic E-state index is 12.1. The highest BCUT2D eigenvalue weighted by Crippen LogP contribution is 2.15. The number of ether oxygens (including phenoxy) is 1. The van der Waals surface area contributed by atoms with E-state index in [9.17, 15) is 9.59 Å². The summed E-state index contributed by atoms with van der Waals surface area (Å²) in [6, 6.07) is 0. The number of hydrogen-bond acceptors (Lipinski definition) is 3. The van der Waals surface area contributed by atoms with Crippen LogP contribution in [0.2, 0.25) is 0 Å². The molecule has 0 aromatic heterocycles. The van der Waals surface area contributed by atoms with Gasteiger partial charge in [0.15, 0.2) is 0 Å². The largest absolute Gasteiger partial charge is 0.481 e. The van der Waals surface area contributed by atoms with Crippen LogP contribution in [0.5, 0.6) is 0 Å². The molecule has 0 aliphatic heterocycles. The second kappa shape index (κ2) is 33.9. The highest BCUT2D eigenvalue weighted by Gasteiger charge is 2.09. The highest BCUT2D eigenvalue weighted by atomic mass is 16.5. The Kier molecular flexibility index (Phi) is 32.6. The van der Waals surface area contributed by atoms with E-state index in [0.717, 1.165) is 44.9 Å². The molecule has 0 radical (unpaired) electrons. The van der Waals surface area contributed by atoms with Crippen LogP contribution < -0.4 is 0 Å². The van der Waals surface area contributed by atoms with Gasteiger partial charge in [0.2, 0.25) is 0 Å². The molecule has 0 aliphatic rings. The molecule has 0 aliphatic carbocycles. The summed E-state index contributed by atoms with van der Waals surface area (Å²) < 4.78 is 5.63. The molecule has 0 amide bonds. The van der Waals surface area contributed by atoms with Crippen LogP contribution in [0.15, 0.2) is 24.3 Å². The van der Waals surface area contributed by atoms with E-state index >= 15 is 0 Å². The Bertz CT molecular complexity index is 639. The Morgan fingerprint density at radius 2 is 0.952 bits per heavy atom. The molecule has 42 heavy (non-hydrogen) atoms. The van der Waals surface area contributed by atoms with E-state index in [2.05, 4.69) is 31.2 Å². The zero-order valence-electron chi connectivity index (χ0n) is 28.1.